The van der Waals surface area contributed by atoms with E-state index in [1.807, 2.05) is 0 Å². The van der Waals surface area contributed by atoms with Crippen LogP contribution in [0.1, 0.15) is 22.3 Å². The van der Waals surface area contributed by atoms with Gasteiger partial charge in [-0.05, 0) is 59.1 Å². The SMILES string of the molecule is O=c1c(-c2ccc(CCc3ccccc3)cc2)c1-c1ccc(CCc2ccccc2)cc1. The highest BCUT2D eigenvalue weighted by molar-refractivity contribution is 5.94. The Morgan fingerprint density at radius 1 is 0.375 bits per heavy atom. The van der Waals surface area contributed by atoms with Gasteiger partial charge in [-0.1, -0.05) is 109 Å². The number of benzene rings is 4. The van der Waals surface area contributed by atoms with E-state index in [0.717, 1.165) is 47.9 Å². The maximum Gasteiger partial charge on any atom is 0.195 e. The molecule has 0 saturated heterocycles. The fourth-order valence-electron chi connectivity index (χ4n) is 4.26. The third-order valence-electron chi connectivity index (χ3n) is 6.22. The van der Waals surface area contributed by atoms with Gasteiger partial charge in [0.1, 0.15) is 0 Å². The highest BCUT2D eigenvalue weighted by atomic mass is 16.1. The Balaban J connectivity index is 1.22. The smallest absolute Gasteiger partial charge is 0.195 e. The minimum atomic E-state index is 0.180. The summed E-state index contributed by atoms with van der Waals surface area (Å²) in [4.78, 5) is 12.5. The predicted octanol–water partition coefficient (Wildman–Crippen LogP) is 6.83. The van der Waals surface area contributed by atoms with Gasteiger partial charge in [-0.2, -0.15) is 0 Å². The topological polar surface area (TPSA) is 17.1 Å². The molecule has 0 fully saturated rings. The Kier molecular flexibility index (Phi) is 5.81. The molecule has 0 spiro atoms. The van der Waals surface area contributed by atoms with Gasteiger partial charge in [0.15, 0.2) is 5.43 Å². The Hall–Kier alpha value is -3.71. The molecule has 32 heavy (non-hydrogen) atoms. The van der Waals surface area contributed by atoms with Gasteiger partial charge in [0.05, 0.1) is 0 Å². The normalized spacial score (nSPS) is 11.1. The van der Waals surface area contributed by atoms with Crippen molar-refractivity contribution in [2.45, 2.75) is 25.7 Å². The lowest BCUT2D eigenvalue weighted by Crippen LogP contribution is -1.90. The maximum atomic E-state index is 12.5. The second-order valence-electron chi connectivity index (χ2n) is 8.44. The number of aryl methyl sites for hydroxylation is 4. The van der Waals surface area contributed by atoms with Gasteiger partial charge < -0.3 is 0 Å². The fraction of sp³-hybridized carbons (Fsp3) is 0.129. The van der Waals surface area contributed by atoms with Crippen LogP contribution in [0.4, 0.5) is 0 Å². The highest BCUT2D eigenvalue weighted by Crippen LogP contribution is 2.34. The first-order chi connectivity index (χ1) is 15.8. The summed E-state index contributed by atoms with van der Waals surface area (Å²) in [6.07, 6.45) is 4.08. The largest absolute Gasteiger partial charge is 0.289 e. The van der Waals surface area contributed by atoms with Crippen molar-refractivity contribution in [3.8, 4) is 22.3 Å². The summed E-state index contributed by atoms with van der Waals surface area (Å²) in [7, 11) is 0. The number of hydrogen-bond donors (Lipinski definition) is 0. The van der Waals surface area contributed by atoms with E-state index in [0.29, 0.717) is 0 Å². The van der Waals surface area contributed by atoms with Crippen LogP contribution >= 0.6 is 0 Å². The first kappa shape index (κ1) is 20.2. The molecule has 0 saturated carbocycles. The van der Waals surface area contributed by atoms with E-state index >= 15 is 0 Å². The molecule has 0 amide bonds. The molecule has 5 rings (SSSR count). The fourth-order valence-corrected chi connectivity index (χ4v) is 4.26. The summed E-state index contributed by atoms with van der Waals surface area (Å²) in [5, 5.41) is 0. The lowest BCUT2D eigenvalue weighted by atomic mass is 10.0. The first-order valence-electron chi connectivity index (χ1n) is 11.3. The molecule has 0 aromatic heterocycles. The van der Waals surface area contributed by atoms with Crippen LogP contribution in [0.25, 0.3) is 22.3 Å². The zero-order valence-electron chi connectivity index (χ0n) is 18.1. The van der Waals surface area contributed by atoms with Crippen LogP contribution in [-0.4, -0.2) is 0 Å². The van der Waals surface area contributed by atoms with Crippen molar-refractivity contribution in [1.82, 2.24) is 0 Å². The van der Waals surface area contributed by atoms with E-state index < -0.39 is 0 Å². The van der Waals surface area contributed by atoms with Crippen molar-refractivity contribution >= 4 is 0 Å². The van der Waals surface area contributed by atoms with Crippen LogP contribution in [-0.2, 0) is 25.7 Å². The Bertz CT molecular complexity index is 1190. The van der Waals surface area contributed by atoms with Gasteiger partial charge in [-0.15, -0.1) is 0 Å². The highest BCUT2D eigenvalue weighted by Gasteiger charge is 2.24. The summed E-state index contributed by atoms with van der Waals surface area (Å²) < 4.78 is 0. The second-order valence-corrected chi connectivity index (χ2v) is 8.44. The van der Waals surface area contributed by atoms with E-state index in [1.54, 1.807) is 0 Å². The average Bonchev–Trinajstić information content (AvgIpc) is 3.54. The van der Waals surface area contributed by atoms with E-state index in [-0.39, 0.29) is 5.43 Å². The molecular weight excluding hydrogens is 388 g/mol. The molecule has 0 unspecified atom stereocenters. The van der Waals surface area contributed by atoms with Crippen molar-refractivity contribution in [3.63, 3.8) is 0 Å². The van der Waals surface area contributed by atoms with E-state index in [4.69, 9.17) is 0 Å². The van der Waals surface area contributed by atoms with Crippen LogP contribution in [0.15, 0.2) is 114 Å². The van der Waals surface area contributed by atoms with E-state index in [2.05, 4.69) is 109 Å². The molecule has 0 bridgehead atoms. The lowest BCUT2D eigenvalue weighted by molar-refractivity contribution is 0.960. The van der Waals surface area contributed by atoms with E-state index in [9.17, 15) is 4.79 Å². The third kappa shape index (κ3) is 4.63. The number of hydrogen-bond acceptors (Lipinski definition) is 1. The van der Waals surface area contributed by atoms with Crippen LogP contribution in [0.2, 0.25) is 0 Å². The van der Waals surface area contributed by atoms with Gasteiger partial charge >= 0.3 is 0 Å². The molecule has 0 heterocycles. The molecular formula is C31H26O. The van der Waals surface area contributed by atoms with Crippen LogP contribution in [0, 0.1) is 0 Å². The zero-order chi connectivity index (χ0) is 21.8. The standard InChI is InChI=1S/C31H26O/c32-31-29(27-19-15-25(16-20-27)13-11-23-7-3-1-4-8-23)30(31)28-21-17-26(18-22-28)14-12-24-9-5-2-6-10-24/h1-10,15-22H,11-14H2. The molecule has 5 aromatic carbocycles. The molecule has 5 aromatic rings. The van der Waals surface area contributed by atoms with Crippen LogP contribution in [0.3, 0.4) is 0 Å². The molecule has 1 heteroatoms. The molecule has 0 N–H and O–H groups in total. The summed E-state index contributed by atoms with van der Waals surface area (Å²) in [5.41, 5.74) is 9.29. The summed E-state index contributed by atoms with van der Waals surface area (Å²) in [6.45, 7) is 0. The third-order valence-corrected chi connectivity index (χ3v) is 6.22. The van der Waals surface area contributed by atoms with Gasteiger partial charge in [-0.25, -0.2) is 0 Å². The van der Waals surface area contributed by atoms with Crippen LogP contribution in [0.5, 0.6) is 0 Å². The monoisotopic (exact) mass is 414 g/mol. The minimum absolute atomic E-state index is 0.180. The molecule has 0 aliphatic carbocycles. The first-order valence-corrected chi connectivity index (χ1v) is 11.3. The second kappa shape index (κ2) is 9.20. The molecule has 0 atom stereocenters. The van der Waals surface area contributed by atoms with Crippen molar-refractivity contribution in [1.29, 1.82) is 0 Å². The summed E-state index contributed by atoms with van der Waals surface area (Å²) in [6, 6.07) is 38.1. The summed E-state index contributed by atoms with van der Waals surface area (Å²) >= 11 is 0. The Morgan fingerprint density at radius 3 is 1.03 bits per heavy atom. The number of rotatable bonds is 8. The molecule has 1 nitrogen and oxygen atoms in total. The maximum absolute atomic E-state index is 12.5. The van der Waals surface area contributed by atoms with Gasteiger partial charge in [0.2, 0.25) is 0 Å². The molecule has 0 aliphatic rings. The molecule has 156 valence electrons. The van der Waals surface area contributed by atoms with Crippen molar-refractivity contribution in [2.75, 3.05) is 0 Å². The van der Waals surface area contributed by atoms with Crippen LogP contribution < -0.4 is 5.43 Å². The Morgan fingerprint density at radius 2 is 0.688 bits per heavy atom. The van der Waals surface area contributed by atoms with Gasteiger partial charge in [0.25, 0.3) is 0 Å². The molecule has 0 aliphatic heterocycles. The quantitative estimate of drug-likeness (QED) is 0.272. The van der Waals surface area contributed by atoms with Gasteiger partial charge in [0, 0.05) is 11.1 Å². The van der Waals surface area contributed by atoms with Crippen molar-refractivity contribution in [3.05, 3.63) is 142 Å². The zero-order valence-corrected chi connectivity index (χ0v) is 18.1. The van der Waals surface area contributed by atoms with Crippen molar-refractivity contribution in [2.24, 2.45) is 0 Å². The predicted molar refractivity (Wildman–Crippen MR) is 134 cm³/mol. The van der Waals surface area contributed by atoms with E-state index in [1.165, 1.54) is 22.3 Å². The Labute approximate surface area is 189 Å². The average molecular weight is 415 g/mol. The van der Waals surface area contributed by atoms with Crippen molar-refractivity contribution < 1.29 is 0 Å². The lowest BCUT2D eigenvalue weighted by Gasteiger charge is -2.04. The molecule has 0 radical (unpaired) electrons. The summed E-state index contributed by atoms with van der Waals surface area (Å²) in [5.74, 6) is 0. The minimum Gasteiger partial charge on any atom is -0.289 e. The van der Waals surface area contributed by atoms with Gasteiger partial charge in [-0.3, -0.25) is 4.79 Å².